The standard InChI is InChI=1S/C13H13N3O5S2/c1-15(2)9-14-23(19,20)12-8-11(16(17)18)13(22-12)21-10-6-4-3-5-7-10/h3-9H,1-2H3/b14-9+. The van der Waals surface area contributed by atoms with Gasteiger partial charge >= 0.3 is 5.69 Å². The lowest BCUT2D eigenvalue weighted by Gasteiger charge is -2.02. The van der Waals surface area contributed by atoms with Gasteiger partial charge in [0.15, 0.2) is 4.21 Å². The van der Waals surface area contributed by atoms with Crippen molar-refractivity contribution >= 4 is 33.4 Å². The van der Waals surface area contributed by atoms with Crippen LogP contribution in [-0.4, -0.2) is 38.7 Å². The van der Waals surface area contributed by atoms with Gasteiger partial charge in [0.2, 0.25) is 0 Å². The highest BCUT2D eigenvalue weighted by molar-refractivity contribution is 7.92. The van der Waals surface area contributed by atoms with Crippen LogP contribution in [0.3, 0.4) is 0 Å². The summed E-state index contributed by atoms with van der Waals surface area (Å²) in [5.41, 5.74) is -0.419. The Labute approximate surface area is 136 Å². The molecule has 122 valence electrons. The van der Waals surface area contributed by atoms with E-state index >= 15 is 0 Å². The largest absolute Gasteiger partial charge is 0.440 e. The Balaban J connectivity index is 2.41. The van der Waals surface area contributed by atoms with Gasteiger partial charge in [-0.1, -0.05) is 29.5 Å². The molecular weight excluding hydrogens is 342 g/mol. The minimum atomic E-state index is -4.02. The van der Waals surface area contributed by atoms with Gasteiger partial charge in [-0.15, -0.1) is 4.40 Å². The van der Waals surface area contributed by atoms with E-state index in [-0.39, 0.29) is 9.27 Å². The van der Waals surface area contributed by atoms with Gasteiger partial charge in [0.05, 0.1) is 11.0 Å². The summed E-state index contributed by atoms with van der Waals surface area (Å²) in [7, 11) is -0.799. The molecule has 0 spiro atoms. The molecule has 0 radical (unpaired) electrons. The summed E-state index contributed by atoms with van der Waals surface area (Å²) >= 11 is 0.657. The lowest BCUT2D eigenvalue weighted by molar-refractivity contribution is -0.385. The first kappa shape index (κ1) is 16.9. The fourth-order valence-corrected chi connectivity index (χ4v) is 3.66. The monoisotopic (exact) mass is 355 g/mol. The van der Waals surface area contributed by atoms with Crippen molar-refractivity contribution in [2.24, 2.45) is 4.40 Å². The number of ether oxygens (including phenoxy) is 1. The van der Waals surface area contributed by atoms with Crippen LogP contribution in [0.25, 0.3) is 0 Å². The van der Waals surface area contributed by atoms with Gasteiger partial charge in [0.1, 0.15) is 12.1 Å². The van der Waals surface area contributed by atoms with Gasteiger partial charge in [0, 0.05) is 14.1 Å². The zero-order valence-corrected chi connectivity index (χ0v) is 13.9. The molecule has 1 heterocycles. The summed E-state index contributed by atoms with van der Waals surface area (Å²) in [5, 5.41) is 11.0. The highest BCUT2D eigenvalue weighted by Crippen LogP contribution is 2.42. The Morgan fingerprint density at radius 2 is 1.96 bits per heavy atom. The van der Waals surface area contributed by atoms with Crippen LogP contribution < -0.4 is 4.74 Å². The maximum absolute atomic E-state index is 12.1. The Morgan fingerprint density at radius 3 is 2.52 bits per heavy atom. The number of para-hydroxylation sites is 1. The van der Waals surface area contributed by atoms with Crippen LogP contribution in [0.1, 0.15) is 0 Å². The molecule has 23 heavy (non-hydrogen) atoms. The molecule has 10 heteroatoms. The van der Waals surface area contributed by atoms with Gasteiger partial charge in [-0.2, -0.15) is 8.42 Å². The summed E-state index contributed by atoms with van der Waals surface area (Å²) in [6.07, 6.45) is 1.11. The van der Waals surface area contributed by atoms with E-state index in [9.17, 15) is 18.5 Å². The van der Waals surface area contributed by atoms with E-state index in [1.54, 1.807) is 44.4 Å². The first-order valence-corrected chi connectivity index (χ1v) is 8.53. The zero-order chi connectivity index (χ0) is 17.0. The second-order valence-electron chi connectivity index (χ2n) is 4.57. The predicted octanol–water partition coefficient (Wildman–Crippen LogP) is 2.73. The van der Waals surface area contributed by atoms with Crippen LogP contribution >= 0.6 is 11.3 Å². The molecule has 0 aliphatic carbocycles. The molecule has 0 aliphatic heterocycles. The van der Waals surface area contributed by atoms with Crippen molar-refractivity contribution in [2.45, 2.75) is 4.21 Å². The van der Waals surface area contributed by atoms with Crippen LogP contribution in [0.4, 0.5) is 5.69 Å². The van der Waals surface area contributed by atoms with Crippen molar-refractivity contribution in [3.63, 3.8) is 0 Å². The molecule has 0 atom stereocenters. The Morgan fingerprint density at radius 1 is 1.30 bits per heavy atom. The van der Waals surface area contributed by atoms with E-state index in [2.05, 4.69) is 4.40 Å². The number of nitro groups is 1. The van der Waals surface area contributed by atoms with E-state index in [0.717, 1.165) is 12.4 Å². The zero-order valence-electron chi connectivity index (χ0n) is 12.2. The normalized spacial score (nSPS) is 11.6. The van der Waals surface area contributed by atoms with Gasteiger partial charge in [0.25, 0.3) is 15.1 Å². The Hall–Kier alpha value is -2.46. The summed E-state index contributed by atoms with van der Waals surface area (Å²) < 4.78 is 32.8. The average Bonchev–Trinajstić information content (AvgIpc) is 2.91. The van der Waals surface area contributed by atoms with Crippen molar-refractivity contribution in [2.75, 3.05) is 14.1 Å². The van der Waals surface area contributed by atoms with Crippen LogP contribution in [0.15, 0.2) is 45.0 Å². The molecular formula is C13H13N3O5S2. The second-order valence-corrected chi connectivity index (χ2v) is 7.44. The summed E-state index contributed by atoms with van der Waals surface area (Å²) in [5.74, 6) is 0.373. The molecule has 2 aromatic rings. The molecule has 1 aromatic carbocycles. The molecule has 0 saturated carbocycles. The maximum Gasteiger partial charge on any atom is 0.324 e. The first-order valence-electron chi connectivity index (χ1n) is 6.27. The number of nitrogens with zero attached hydrogens (tertiary/aromatic N) is 3. The SMILES string of the molecule is CN(C)/C=N/S(=O)(=O)c1cc([N+](=O)[O-])c(Oc2ccccc2)s1. The van der Waals surface area contributed by atoms with Gasteiger partial charge in [-0.05, 0) is 12.1 Å². The van der Waals surface area contributed by atoms with Crippen LogP contribution in [0.5, 0.6) is 10.8 Å². The van der Waals surface area contributed by atoms with E-state index in [1.165, 1.54) is 4.90 Å². The third kappa shape index (κ3) is 4.27. The van der Waals surface area contributed by atoms with E-state index in [4.69, 9.17) is 4.74 Å². The molecule has 0 unspecified atom stereocenters. The van der Waals surface area contributed by atoms with Crippen molar-refractivity contribution in [3.05, 3.63) is 46.5 Å². The summed E-state index contributed by atoms with van der Waals surface area (Å²) in [6, 6.07) is 9.35. The molecule has 1 aromatic heterocycles. The Kier molecular flexibility index (Phi) is 4.96. The number of rotatable bonds is 6. The third-order valence-corrected chi connectivity index (χ3v) is 5.16. The highest BCUT2D eigenvalue weighted by atomic mass is 32.2. The first-order chi connectivity index (χ1) is 10.8. The number of hydrogen-bond donors (Lipinski definition) is 0. The summed E-state index contributed by atoms with van der Waals surface area (Å²) in [4.78, 5) is 11.9. The van der Waals surface area contributed by atoms with E-state index < -0.39 is 20.6 Å². The fraction of sp³-hybridized carbons (Fsp3) is 0.154. The van der Waals surface area contributed by atoms with Gasteiger partial charge in [-0.3, -0.25) is 10.1 Å². The topological polar surface area (TPSA) is 102 Å². The molecule has 0 amide bonds. The minimum Gasteiger partial charge on any atom is -0.440 e. The second kappa shape index (κ2) is 6.75. The number of thiophene rings is 1. The van der Waals surface area contributed by atoms with Crippen LogP contribution in [0, 0.1) is 10.1 Å². The number of hydrogen-bond acceptors (Lipinski definition) is 6. The maximum atomic E-state index is 12.1. The molecule has 0 saturated heterocycles. The Bertz CT molecular complexity index is 829. The quantitative estimate of drug-likeness (QED) is 0.342. The number of benzene rings is 1. The summed E-state index contributed by atoms with van der Waals surface area (Å²) in [6.45, 7) is 0. The van der Waals surface area contributed by atoms with Gasteiger partial charge < -0.3 is 9.64 Å². The molecule has 0 N–H and O–H groups in total. The smallest absolute Gasteiger partial charge is 0.324 e. The van der Waals surface area contributed by atoms with Crippen LogP contribution in [0.2, 0.25) is 0 Å². The van der Waals surface area contributed by atoms with E-state index in [0.29, 0.717) is 17.1 Å². The lowest BCUT2D eigenvalue weighted by atomic mass is 10.3. The fourth-order valence-electron chi connectivity index (χ4n) is 1.48. The third-order valence-electron chi connectivity index (χ3n) is 2.48. The van der Waals surface area contributed by atoms with Crippen molar-refractivity contribution in [3.8, 4) is 10.8 Å². The highest BCUT2D eigenvalue weighted by Gasteiger charge is 2.27. The molecule has 0 aliphatic rings. The molecule has 8 nitrogen and oxygen atoms in total. The molecule has 2 rings (SSSR count). The predicted molar refractivity (Wildman–Crippen MR) is 86.9 cm³/mol. The number of sulfonamides is 1. The van der Waals surface area contributed by atoms with Gasteiger partial charge in [-0.25, -0.2) is 0 Å². The lowest BCUT2D eigenvalue weighted by Crippen LogP contribution is -2.09. The van der Waals surface area contributed by atoms with Crippen molar-refractivity contribution in [1.82, 2.24) is 4.90 Å². The van der Waals surface area contributed by atoms with Crippen LogP contribution in [-0.2, 0) is 10.0 Å². The molecule has 0 bridgehead atoms. The van der Waals surface area contributed by atoms with Crippen molar-refractivity contribution in [1.29, 1.82) is 0 Å². The van der Waals surface area contributed by atoms with Crippen molar-refractivity contribution < 1.29 is 18.1 Å². The van der Waals surface area contributed by atoms with E-state index in [1.807, 2.05) is 0 Å². The minimum absolute atomic E-state index is 0.111. The average molecular weight is 355 g/mol. The molecule has 0 fully saturated rings.